The molecule has 0 unspecified atom stereocenters. The van der Waals surface area contributed by atoms with Crippen molar-refractivity contribution < 1.29 is 13.9 Å². The van der Waals surface area contributed by atoms with Gasteiger partial charge in [-0.25, -0.2) is 0 Å². The summed E-state index contributed by atoms with van der Waals surface area (Å²) in [6.07, 6.45) is 1.52. The number of benzene rings is 1. The van der Waals surface area contributed by atoms with Gasteiger partial charge in [-0.1, -0.05) is 0 Å². The molecule has 6 heteroatoms. The summed E-state index contributed by atoms with van der Waals surface area (Å²) < 4.78 is 10.9. The molecule has 1 aromatic heterocycles. The topological polar surface area (TPSA) is 69.7 Å². The molecule has 1 saturated heterocycles. The average Bonchev–Trinajstić information content (AvgIpc) is 3.17. The molecule has 124 valence electrons. The van der Waals surface area contributed by atoms with Gasteiger partial charge in [-0.2, -0.15) is 5.26 Å². The lowest BCUT2D eigenvalue weighted by Crippen LogP contribution is -2.49. The van der Waals surface area contributed by atoms with E-state index in [1.807, 2.05) is 4.90 Å². The highest BCUT2D eigenvalue weighted by Crippen LogP contribution is 2.12. The average molecular weight is 325 g/mol. The second kappa shape index (κ2) is 7.66. The predicted octanol–water partition coefficient (Wildman–Crippen LogP) is 1.99. The van der Waals surface area contributed by atoms with E-state index in [0.29, 0.717) is 31.0 Å². The van der Waals surface area contributed by atoms with Crippen LogP contribution in [0, 0.1) is 11.3 Å². The Labute approximate surface area is 140 Å². The number of nitriles is 1. The van der Waals surface area contributed by atoms with Crippen LogP contribution in [0.5, 0.6) is 5.75 Å². The second-order valence-corrected chi connectivity index (χ2v) is 5.60. The Hall–Kier alpha value is -2.78. The quantitative estimate of drug-likeness (QED) is 0.841. The first kappa shape index (κ1) is 16.1. The minimum absolute atomic E-state index is 0.0477. The maximum absolute atomic E-state index is 12.2. The van der Waals surface area contributed by atoms with Crippen LogP contribution in [0.1, 0.15) is 16.1 Å². The smallest absolute Gasteiger partial charge is 0.289 e. The summed E-state index contributed by atoms with van der Waals surface area (Å²) in [5, 5.41) is 8.76. The van der Waals surface area contributed by atoms with Gasteiger partial charge in [0, 0.05) is 32.7 Å². The summed E-state index contributed by atoms with van der Waals surface area (Å²) in [6.45, 7) is 4.42. The van der Waals surface area contributed by atoms with Crippen molar-refractivity contribution in [3.8, 4) is 11.8 Å². The van der Waals surface area contributed by atoms with Crippen LogP contribution >= 0.6 is 0 Å². The van der Waals surface area contributed by atoms with Gasteiger partial charge in [0.1, 0.15) is 12.4 Å². The molecule has 24 heavy (non-hydrogen) atoms. The number of hydrogen-bond acceptors (Lipinski definition) is 5. The fourth-order valence-electron chi connectivity index (χ4n) is 2.65. The van der Waals surface area contributed by atoms with Crippen LogP contribution in [-0.2, 0) is 0 Å². The molecule has 0 saturated carbocycles. The van der Waals surface area contributed by atoms with Crippen molar-refractivity contribution in [3.63, 3.8) is 0 Å². The first-order valence-corrected chi connectivity index (χ1v) is 7.94. The van der Waals surface area contributed by atoms with Gasteiger partial charge in [0.25, 0.3) is 5.91 Å². The Kier molecular flexibility index (Phi) is 5.14. The summed E-state index contributed by atoms with van der Waals surface area (Å²) in [4.78, 5) is 16.3. The summed E-state index contributed by atoms with van der Waals surface area (Å²) in [5.41, 5.74) is 0.625. The normalized spacial score (nSPS) is 15.0. The lowest BCUT2D eigenvalue weighted by molar-refractivity contribution is 0.0590. The van der Waals surface area contributed by atoms with E-state index in [1.54, 1.807) is 36.4 Å². The molecule has 3 rings (SSSR count). The largest absolute Gasteiger partial charge is 0.492 e. The Morgan fingerprint density at radius 1 is 1.17 bits per heavy atom. The molecular formula is C18H19N3O3. The molecule has 0 atom stereocenters. The number of nitrogens with zero attached hydrogens (tertiary/aromatic N) is 3. The number of rotatable bonds is 5. The number of furan rings is 1. The zero-order valence-electron chi connectivity index (χ0n) is 13.4. The maximum atomic E-state index is 12.2. The first-order chi connectivity index (χ1) is 11.8. The van der Waals surface area contributed by atoms with Crippen molar-refractivity contribution in [2.45, 2.75) is 0 Å². The van der Waals surface area contributed by atoms with Crippen LogP contribution in [-0.4, -0.2) is 55.0 Å². The Morgan fingerprint density at radius 3 is 2.54 bits per heavy atom. The number of carbonyl (C=O) groups is 1. The number of ether oxygens (including phenoxy) is 1. The molecule has 1 aliphatic rings. The van der Waals surface area contributed by atoms with Gasteiger partial charge in [0.05, 0.1) is 17.9 Å². The zero-order valence-corrected chi connectivity index (χ0v) is 13.4. The molecule has 1 aromatic carbocycles. The van der Waals surface area contributed by atoms with Gasteiger partial charge in [0.2, 0.25) is 0 Å². The van der Waals surface area contributed by atoms with E-state index in [4.69, 9.17) is 14.4 Å². The fraction of sp³-hybridized carbons (Fsp3) is 0.333. The van der Waals surface area contributed by atoms with Crippen molar-refractivity contribution in [2.75, 3.05) is 39.3 Å². The Balaban J connectivity index is 1.39. The third-order valence-electron chi connectivity index (χ3n) is 4.05. The lowest BCUT2D eigenvalue weighted by Gasteiger charge is -2.34. The van der Waals surface area contributed by atoms with E-state index in [-0.39, 0.29) is 5.91 Å². The molecule has 0 radical (unpaired) electrons. The van der Waals surface area contributed by atoms with Gasteiger partial charge in [-0.3, -0.25) is 9.69 Å². The molecule has 0 bridgehead atoms. The second-order valence-electron chi connectivity index (χ2n) is 5.60. The van der Waals surface area contributed by atoms with Crippen LogP contribution in [0.15, 0.2) is 47.1 Å². The van der Waals surface area contributed by atoms with Crippen molar-refractivity contribution >= 4 is 5.91 Å². The minimum Gasteiger partial charge on any atom is -0.492 e. The fourth-order valence-corrected chi connectivity index (χ4v) is 2.65. The molecule has 2 aromatic rings. The highest BCUT2D eigenvalue weighted by molar-refractivity contribution is 5.91. The van der Waals surface area contributed by atoms with Crippen LogP contribution < -0.4 is 4.74 Å². The first-order valence-electron chi connectivity index (χ1n) is 7.94. The van der Waals surface area contributed by atoms with E-state index in [1.165, 1.54) is 6.26 Å². The molecule has 0 aliphatic carbocycles. The standard InChI is InChI=1S/C18H19N3O3/c19-14-15-3-5-16(6-4-15)23-13-11-20-7-9-21(10-8-20)18(22)17-2-1-12-24-17/h1-6,12H,7-11,13H2. The van der Waals surface area contributed by atoms with Crippen molar-refractivity contribution in [1.82, 2.24) is 9.80 Å². The maximum Gasteiger partial charge on any atom is 0.289 e. The molecule has 1 amide bonds. The van der Waals surface area contributed by atoms with Crippen LogP contribution in [0.4, 0.5) is 0 Å². The van der Waals surface area contributed by atoms with Gasteiger partial charge < -0.3 is 14.1 Å². The van der Waals surface area contributed by atoms with Gasteiger partial charge in [0.15, 0.2) is 5.76 Å². The summed E-state index contributed by atoms with van der Waals surface area (Å²) in [7, 11) is 0. The van der Waals surface area contributed by atoms with Crippen molar-refractivity contribution in [3.05, 3.63) is 54.0 Å². The third kappa shape index (κ3) is 3.94. The number of carbonyl (C=O) groups excluding carboxylic acids is 1. The molecule has 1 fully saturated rings. The van der Waals surface area contributed by atoms with E-state index < -0.39 is 0 Å². The minimum atomic E-state index is -0.0477. The Morgan fingerprint density at radius 2 is 1.92 bits per heavy atom. The lowest BCUT2D eigenvalue weighted by atomic mass is 10.2. The SMILES string of the molecule is N#Cc1ccc(OCCN2CCN(C(=O)c3ccco3)CC2)cc1. The highest BCUT2D eigenvalue weighted by atomic mass is 16.5. The number of amides is 1. The van der Waals surface area contributed by atoms with Gasteiger partial charge >= 0.3 is 0 Å². The van der Waals surface area contributed by atoms with Crippen LogP contribution in [0.2, 0.25) is 0 Å². The summed E-state index contributed by atoms with van der Waals surface area (Å²) >= 11 is 0. The molecule has 0 N–H and O–H groups in total. The molecule has 1 aliphatic heterocycles. The molecule has 6 nitrogen and oxygen atoms in total. The summed E-state index contributed by atoms with van der Waals surface area (Å²) in [5.74, 6) is 1.11. The van der Waals surface area contributed by atoms with Crippen molar-refractivity contribution in [1.29, 1.82) is 5.26 Å². The number of hydrogen-bond donors (Lipinski definition) is 0. The third-order valence-corrected chi connectivity index (χ3v) is 4.05. The van der Waals surface area contributed by atoms with E-state index in [2.05, 4.69) is 11.0 Å². The molecule has 0 spiro atoms. The zero-order chi connectivity index (χ0) is 16.8. The van der Waals surface area contributed by atoms with E-state index in [0.717, 1.165) is 25.4 Å². The van der Waals surface area contributed by atoms with Gasteiger partial charge in [-0.05, 0) is 36.4 Å². The monoisotopic (exact) mass is 325 g/mol. The Bertz CT molecular complexity index is 696. The van der Waals surface area contributed by atoms with E-state index >= 15 is 0 Å². The van der Waals surface area contributed by atoms with Crippen LogP contribution in [0.25, 0.3) is 0 Å². The predicted molar refractivity (Wildman–Crippen MR) is 87.7 cm³/mol. The number of piperazine rings is 1. The molecule has 2 heterocycles. The van der Waals surface area contributed by atoms with Crippen LogP contribution in [0.3, 0.4) is 0 Å². The van der Waals surface area contributed by atoms with Gasteiger partial charge in [-0.15, -0.1) is 0 Å². The molecular weight excluding hydrogens is 306 g/mol. The summed E-state index contributed by atoms with van der Waals surface area (Å²) in [6, 6.07) is 12.6. The van der Waals surface area contributed by atoms with E-state index in [9.17, 15) is 4.79 Å². The van der Waals surface area contributed by atoms with Crippen molar-refractivity contribution in [2.24, 2.45) is 0 Å². The highest BCUT2D eigenvalue weighted by Gasteiger charge is 2.23.